The Morgan fingerprint density at radius 3 is 2.88 bits per heavy atom. The van der Waals surface area contributed by atoms with E-state index >= 15 is 0 Å². The standard InChI is InChI=1S/C24H29N5O2S/c1-13-11-29(12-19(13)31-3)20-9-5-15-10-16(6-8-18(15)28-20)27-23(30)22-21(25)17-7-4-14(2)26-24(17)32-22/h4-5,7,9,13,16,19H,6,8,10-12,25H2,1-3H3,(H,27,30)/t13-,16-,19-/m0/s1. The van der Waals surface area contributed by atoms with Gasteiger partial charge >= 0.3 is 0 Å². The van der Waals surface area contributed by atoms with Crippen LogP contribution >= 0.6 is 11.3 Å². The van der Waals surface area contributed by atoms with Crippen LogP contribution in [0.15, 0.2) is 24.3 Å². The summed E-state index contributed by atoms with van der Waals surface area (Å²) in [5.41, 5.74) is 10.1. The number of anilines is 2. The summed E-state index contributed by atoms with van der Waals surface area (Å²) in [4.78, 5) is 26.1. The minimum absolute atomic E-state index is 0.0756. The first-order valence-electron chi connectivity index (χ1n) is 11.2. The normalized spacial score (nSPS) is 22.8. The molecule has 168 valence electrons. The molecule has 3 atom stereocenters. The maximum Gasteiger partial charge on any atom is 0.263 e. The summed E-state index contributed by atoms with van der Waals surface area (Å²) >= 11 is 1.36. The Labute approximate surface area is 192 Å². The van der Waals surface area contributed by atoms with Gasteiger partial charge in [-0.1, -0.05) is 13.0 Å². The average molecular weight is 452 g/mol. The van der Waals surface area contributed by atoms with Gasteiger partial charge < -0.3 is 20.7 Å². The minimum Gasteiger partial charge on any atom is -0.397 e. The number of aryl methyl sites for hydroxylation is 2. The second kappa shape index (κ2) is 8.33. The lowest BCUT2D eigenvalue weighted by atomic mass is 9.91. The Morgan fingerprint density at radius 2 is 2.09 bits per heavy atom. The van der Waals surface area contributed by atoms with Crippen molar-refractivity contribution < 1.29 is 9.53 Å². The molecule has 0 aromatic carbocycles. The molecule has 1 aliphatic heterocycles. The number of hydrogen-bond donors (Lipinski definition) is 2. The van der Waals surface area contributed by atoms with Crippen LogP contribution in [0.2, 0.25) is 0 Å². The maximum atomic E-state index is 13.0. The van der Waals surface area contributed by atoms with Gasteiger partial charge in [-0.25, -0.2) is 9.97 Å². The van der Waals surface area contributed by atoms with Gasteiger partial charge in [0.2, 0.25) is 0 Å². The quantitative estimate of drug-likeness (QED) is 0.632. The zero-order chi connectivity index (χ0) is 22.4. The summed E-state index contributed by atoms with van der Waals surface area (Å²) < 4.78 is 5.59. The minimum atomic E-state index is -0.113. The van der Waals surface area contributed by atoms with Crippen molar-refractivity contribution in [3.05, 3.63) is 46.1 Å². The van der Waals surface area contributed by atoms with E-state index in [2.05, 4.69) is 34.3 Å². The fourth-order valence-corrected chi connectivity index (χ4v) is 5.88. The fraction of sp³-hybridized carbons (Fsp3) is 0.458. The number of ether oxygens (including phenoxy) is 1. The highest BCUT2D eigenvalue weighted by Gasteiger charge is 2.31. The first kappa shape index (κ1) is 21.2. The molecule has 3 aromatic rings. The molecular weight excluding hydrogens is 422 g/mol. The topological polar surface area (TPSA) is 93.4 Å². The van der Waals surface area contributed by atoms with Crippen LogP contribution in [-0.2, 0) is 17.6 Å². The second-order valence-corrected chi connectivity index (χ2v) is 9.99. The number of hydrogen-bond acceptors (Lipinski definition) is 7. The van der Waals surface area contributed by atoms with E-state index in [4.69, 9.17) is 15.5 Å². The molecule has 0 radical (unpaired) electrons. The van der Waals surface area contributed by atoms with E-state index < -0.39 is 0 Å². The summed E-state index contributed by atoms with van der Waals surface area (Å²) in [5, 5.41) is 4.04. The Balaban J connectivity index is 1.28. The molecule has 5 rings (SSSR count). The number of nitrogen functional groups attached to an aromatic ring is 1. The number of carbonyl (C=O) groups is 1. The Morgan fingerprint density at radius 1 is 1.25 bits per heavy atom. The van der Waals surface area contributed by atoms with Gasteiger partial charge in [0.1, 0.15) is 15.5 Å². The van der Waals surface area contributed by atoms with Gasteiger partial charge in [0.05, 0.1) is 11.8 Å². The van der Waals surface area contributed by atoms with Crippen molar-refractivity contribution >= 4 is 39.0 Å². The summed E-state index contributed by atoms with van der Waals surface area (Å²) in [6.45, 7) is 6.01. The molecular formula is C24H29N5O2S. The number of aromatic nitrogens is 2. The van der Waals surface area contributed by atoms with Crippen LogP contribution in [0.5, 0.6) is 0 Å². The molecule has 2 aliphatic rings. The van der Waals surface area contributed by atoms with Gasteiger partial charge in [-0.15, -0.1) is 11.3 Å². The number of amides is 1. The number of nitrogens with zero attached hydrogens (tertiary/aromatic N) is 3. The predicted molar refractivity (Wildman–Crippen MR) is 128 cm³/mol. The van der Waals surface area contributed by atoms with Crippen LogP contribution in [0.3, 0.4) is 0 Å². The molecule has 8 heteroatoms. The Hall–Kier alpha value is -2.71. The van der Waals surface area contributed by atoms with Gasteiger partial charge in [-0.2, -0.15) is 0 Å². The molecule has 3 N–H and O–H groups in total. The third-order valence-corrected chi connectivity index (χ3v) is 7.81. The van der Waals surface area contributed by atoms with E-state index in [9.17, 15) is 4.79 Å². The highest BCUT2D eigenvalue weighted by molar-refractivity contribution is 7.21. The van der Waals surface area contributed by atoms with Crippen LogP contribution in [0, 0.1) is 12.8 Å². The van der Waals surface area contributed by atoms with Gasteiger partial charge in [0.25, 0.3) is 5.91 Å². The van der Waals surface area contributed by atoms with Crippen LogP contribution in [0.25, 0.3) is 10.2 Å². The lowest BCUT2D eigenvalue weighted by Crippen LogP contribution is -2.39. The SMILES string of the molecule is CO[C@H]1CN(c2ccc3c(n2)CC[C@H](NC(=O)c2sc4nc(C)ccc4c2N)C3)C[C@@H]1C. The molecule has 1 amide bonds. The van der Waals surface area contributed by atoms with E-state index in [1.807, 2.05) is 19.1 Å². The molecule has 1 saturated heterocycles. The van der Waals surface area contributed by atoms with E-state index in [0.717, 1.165) is 59.8 Å². The van der Waals surface area contributed by atoms with E-state index in [1.165, 1.54) is 16.9 Å². The number of rotatable bonds is 4. The first-order valence-corrected chi connectivity index (χ1v) is 12.0. The van der Waals surface area contributed by atoms with Gasteiger partial charge in [0, 0.05) is 48.9 Å². The molecule has 0 unspecified atom stereocenters. The smallest absolute Gasteiger partial charge is 0.263 e. The van der Waals surface area contributed by atoms with Crippen molar-refractivity contribution in [2.45, 2.75) is 45.3 Å². The van der Waals surface area contributed by atoms with E-state index in [1.54, 1.807) is 7.11 Å². The van der Waals surface area contributed by atoms with Crippen LogP contribution < -0.4 is 16.0 Å². The highest BCUT2D eigenvalue weighted by atomic mass is 32.1. The highest BCUT2D eigenvalue weighted by Crippen LogP contribution is 2.33. The summed E-state index contributed by atoms with van der Waals surface area (Å²) in [7, 11) is 1.78. The number of carbonyl (C=O) groups excluding carboxylic acids is 1. The number of methoxy groups -OCH3 is 1. The molecule has 0 spiro atoms. The third kappa shape index (κ3) is 3.82. The van der Waals surface area contributed by atoms with Crippen LogP contribution in [0.1, 0.15) is 40.0 Å². The molecule has 32 heavy (non-hydrogen) atoms. The number of pyridine rings is 2. The lowest BCUT2D eigenvalue weighted by molar-refractivity contribution is 0.0899. The monoisotopic (exact) mass is 451 g/mol. The van der Waals surface area contributed by atoms with E-state index in [-0.39, 0.29) is 18.1 Å². The van der Waals surface area contributed by atoms with Crippen molar-refractivity contribution in [3.8, 4) is 0 Å². The van der Waals surface area contributed by atoms with Crippen molar-refractivity contribution in [3.63, 3.8) is 0 Å². The molecule has 3 aromatic heterocycles. The number of nitrogens with two attached hydrogens (primary N) is 1. The number of fused-ring (bicyclic) bond motifs is 2. The molecule has 0 saturated carbocycles. The predicted octanol–water partition coefficient (Wildman–Crippen LogP) is 3.34. The zero-order valence-electron chi connectivity index (χ0n) is 18.7. The fourth-order valence-electron chi connectivity index (χ4n) is 4.84. The first-order chi connectivity index (χ1) is 15.4. The van der Waals surface area contributed by atoms with Crippen LogP contribution in [0.4, 0.5) is 11.5 Å². The van der Waals surface area contributed by atoms with Crippen LogP contribution in [-0.4, -0.2) is 48.2 Å². The summed E-state index contributed by atoms with van der Waals surface area (Å²) in [6.07, 6.45) is 2.77. The molecule has 7 nitrogen and oxygen atoms in total. The third-order valence-electron chi connectivity index (χ3n) is 6.69. The molecule has 1 aliphatic carbocycles. The van der Waals surface area contributed by atoms with Crippen molar-refractivity contribution in [1.29, 1.82) is 0 Å². The van der Waals surface area contributed by atoms with Crippen molar-refractivity contribution in [2.75, 3.05) is 30.8 Å². The largest absolute Gasteiger partial charge is 0.397 e. The molecule has 0 bridgehead atoms. The zero-order valence-corrected chi connectivity index (χ0v) is 19.5. The number of thiophene rings is 1. The Bertz CT molecular complexity index is 1180. The Kier molecular flexibility index (Phi) is 5.51. The summed E-state index contributed by atoms with van der Waals surface area (Å²) in [5.74, 6) is 1.41. The molecule has 1 fully saturated rings. The second-order valence-electron chi connectivity index (χ2n) is 9.00. The van der Waals surface area contributed by atoms with Gasteiger partial charge in [-0.05, 0) is 49.9 Å². The van der Waals surface area contributed by atoms with Crippen molar-refractivity contribution in [1.82, 2.24) is 15.3 Å². The average Bonchev–Trinajstić information content (AvgIpc) is 3.32. The maximum absolute atomic E-state index is 13.0. The summed E-state index contributed by atoms with van der Waals surface area (Å²) in [6, 6.07) is 8.21. The van der Waals surface area contributed by atoms with Crippen molar-refractivity contribution in [2.24, 2.45) is 5.92 Å². The van der Waals surface area contributed by atoms with E-state index in [0.29, 0.717) is 16.5 Å². The number of nitrogens with one attached hydrogen (secondary N) is 1. The van der Waals surface area contributed by atoms with Gasteiger partial charge in [-0.3, -0.25) is 4.79 Å². The lowest BCUT2D eigenvalue weighted by Gasteiger charge is -2.26. The van der Waals surface area contributed by atoms with Gasteiger partial charge in [0.15, 0.2) is 0 Å². The molecule has 4 heterocycles.